The number of nitrogens with zero attached hydrogens (tertiary/aromatic N) is 1. The zero-order valence-electron chi connectivity index (χ0n) is 17.3. The molecule has 3 rings (SSSR count). The molecule has 0 radical (unpaired) electrons. The number of carbonyl (C=O) groups excluding carboxylic acids is 2. The van der Waals surface area contributed by atoms with Gasteiger partial charge in [0.15, 0.2) is 0 Å². The van der Waals surface area contributed by atoms with Crippen molar-refractivity contribution in [2.45, 2.75) is 20.3 Å². The first-order valence-corrected chi connectivity index (χ1v) is 10.6. The zero-order valence-corrected chi connectivity index (χ0v) is 18.1. The van der Waals surface area contributed by atoms with Gasteiger partial charge in [-0.05, 0) is 31.0 Å². The molecular weight excluding hydrogens is 398 g/mol. The van der Waals surface area contributed by atoms with E-state index >= 15 is 0 Å². The van der Waals surface area contributed by atoms with Crippen LogP contribution in [0.5, 0.6) is 0 Å². The highest BCUT2D eigenvalue weighted by Crippen LogP contribution is 2.29. The van der Waals surface area contributed by atoms with Crippen LogP contribution < -0.4 is 10.6 Å². The maximum atomic E-state index is 12.9. The van der Waals surface area contributed by atoms with Crippen molar-refractivity contribution in [1.29, 1.82) is 0 Å². The number of rotatable bonds is 8. The fourth-order valence-corrected chi connectivity index (χ4v) is 3.91. The Bertz CT molecular complexity index is 1030. The monoisotopic (exact) mass is 423 g/mol. The van der Waals surface area contributed by atoms with E-state index in [9.17, 15) is 9.59 Å². The Kier molecular flexibility index (Phi) is 7.32. The molecule has 6 nitrogen and oxygen atoms in total. The van der Waals surface area contributed by atoms with Gasteiger partial charge in [0.2, 0.25) is 0 Å². The van der Waals surface area contributed by atoms with Gasteiger partial charge < -0.3 is 15.4 Å². The van der Waals surface area contributed by atoms with Crippen LogP contribution in [0, 0.1) is 6.92 Å². The normalized spacial score (nSPS) is 10.6. The number of nitrogens with one attached hydrogen (secondary N) is 2. The summed E-state index contributed by atoms with van der Waals surface area (Å²) in [6.07, 6.45) is 0.975. The lowest BCUT2D eigenvalue weighted by Gasteiger charge is -2.11. The SMILES string of the molecule is CCc1ccc(-c2nc(C)c(C(=O)Nc3ccccc3C(=O)NCCOC)s2)cc1. The van der Waals surface area contributed by atoms with Crippen molar-refractivity contribution in [3.05, 3.63) is 70.2 Å². The fraction of sp³-hybridized carbons (Fsp3) is 0.261. The molecule has 1 aromatic heterocycles. The van der Waals surface area contributed by atoms with Crippen LogP contribution in [-0.4, -0.2) is 37.1 Å². The first-order chi connectivity index (χ1) is 14.5. The molecule has 0 aliphatic heterocycles. The molecule has 2 amide bonds. The van der Waals surface area contributed by atoms with E-state index in [1.807, 2.05) is 19.1 Å². The van der Waals surface area contributed by atoms with Gasteiger partial charge in [0, 0.05) is 19.2 Å². The van der Waals surface area contributed by atoms with Crippen LogP contribution in [0.15, 0.2) is 48.5 Å². The van der Waals surface area contributed by atoms with Crippen LogP contribution in [0.4, 0.5) is 5.69 Å². The summed E-state index contributed by atoms with van der Waals surface area (Å²) in [5.74, 6) is -0.542. The van der Waals surface area contributed by atoms with Crippen molar-refractivity contribution in [3.8, 4) is 10.6 Å². The maximum Gasteiger partial charge on any atom is 0.267 e. The Balaban J connectivity index is 1.78. The zero-order chi connectivity index (χ0) is 21.5. The number of ether oxygens (including phenoxy) is 1. The minimum atomic E-state index is -0.279. The Labute approximate surface area is 180 Å². The second kappa shape index (κ2) is 10.1. The molecule has 0 atom stereocenters. The summed E-state index contributed by atoms with van der Waals surface area (Å²) in [6, 6.07) is 15.1. The van der Waals surface area contributed by atoms with E-state index in [-0.39, 0.29) is 11.8 Å². The summed E-state index contributed by atoms with van der Waals surface area (Å²) >= 11 is 1.34. The molecule has 0 fully saturated rings. The Morgan fingerprint density at radius 2 is 1.80 bits per heavy atom. The molecule has 2 N–H and O–H groups in total. The Morgan fingerprint density at radius 3 is 2.50 bits per heavy atom. The number of benzene rings is 2. The molecule has 0 bridgehead atoms. The van der Waals surface area contributed by atoms with Gasteiger partial charge in [-0.2, -0.15) is 0 Å². The number of carbonyl (C=O) groups is 2. The Hall–Kier alpha value is -3.03. The van der Waals surface area contributed by atoms with Crippen LogP contribution >= 0.6 is 11.3 Å². The second-order valence-electron chi connectivity index (χ2n) is 6.73. The number of hydrogen-bond acceptors (Lipinski definition) is 5. The highest BCUT2D eigenvalue weighted by atomic mass is 32.1. The van der Waals surface area contributed by atoms with Crippen molar-refractivity contribution in [3.63, 3.8) is 0 Å². The van der Waals surface area contributed by atoms with Crippen LogP contribution in [0.25, 0.3) is 10.6 Å². The van der Waals surface area contributed by atoms with Gasteiger partial charge in [0.05, 0.1) is 23.6 Å². The summed E-state index contributed by atoms with van der Waals surface area (Å²) < 4.78 is 4.96. The lowest BCUT2D eigenvalue weighted by atomic mass is 10.1. The summed E-state index contributed by atoms with van der Waals surface area (Å²) in [4.78, 5) is 30.5. The maximum absolute atomic E-state index is 12.9. The van der Waals surface area contributed by atoms with E-state index in [0.29, 0.717) is 35.0 Å². The van der Waals surface area contributed by atoms with E-state index in [2.05, 4.69) is 34.7 Å². The van der Waals surface area contributed by atoms with Gasteiger partial charge in [-0.1, -0.05) is 43.3 Å². The molecule has 0 aliphatic carbocycles. The van der Waals surface area contributed by atoms with Gasteiger partial charge in [-0.15, -0.1) is 11.3 Å². The van der Waals surface area contributed by atoms with Crippen molar-refractivity contribution in [2.75, 3.05) is 25.6 Å². The molecular formula is C23H25N3O3S. The average Bonchev–Trinajstić information content (AvgIpc) is 3.16. The number of para-hydroxylation sites is 1. The van der Waals surface area contributed by atoms with Crippen molar-refractivity contribution < 1.29 is 14.3 Å². The van der Waals surface area contributed by atoms with E-state index in [1.165, 1.54) is 16.9 Å². The molecule has 2 aromatic carbocycles. The van der Waals surface area contributed by atoms with Crippen LogP contribution in [-0.2, 0) is 11.2 Å². The highest BCUT2D eigenvalue weighted by Gasteiger charge is 2.19. The molecule has 0 unspecified atom stereocenters. The number of methoxy groups -OCH3 is 1. The third kappa shape index (κ3) is 5.11. The average molecular weight is 424 g/mol. The van der Waals surface area contributed by atoms with E-state index in [1.54, 1.807) is 31.4 Å². The number of thiazole rings is 1. The summed E-state index contributed by atoms with van der Waals surface area (Å²) in [5, 5.41) is 6.43. The van der Waals surface area contributed by atoms with Gasteiger partial charge in [-0.3, -0.25) is 9.59 Å². The molecule has 0 aliphatic rings. The first-order valence-electron chi connectivity index (χ1n) is 9.77. The van der Waals surface area contributed by atoms with E-state index in [4.69, 9.17) is 4.74 Å². The molecule has 0 spiro atoms. The van der Waals surface area contributed by atoms with Crippen LogP contribution in [0.3, 0.4) is 0 Å². The number of anilines is 1. The van der Waals surface area contributed by atoms with E-state index < -0.39 is 0 Å². The Morgan fingerprint density at radius 1 is 1.07 bits per heavy atom. The number of aryl methyl sites for hydroxylation is 2. The van der Waals surface area contributed by atoms with Crippen molar-refractivity contribution >= 4 is 28.8 Å². The molecule has 3 aromatic rings. The van der Waals surface area contributed by atoms with Crippen LogP contribution in [0.1, 0.15) is 38.2 Å². The molecule has 0 saturated heterocycles. The lowest BCUT2D eigenvalue weighted by molar-refractivity contribution is 0.0938. The van der Waals surface area contributed by atoms with E-state index in [0.717, 1.165) is 17.0 Å². The fourth-order valence-electron chi connectivity index (χ4n) is 2.94. The summed E-state index contributed by atoms with van der Waals surface area (Å²) in [6.45, 7) is 4.74. The third-order valence-electron chi connectivity index (χ3n) is 4.62. The predicted molar refractivity (Wildman–Crippen MR) is 120 cm³/mol. The largest absolute Gasteiger partial charge is 0.383 e. The molecule has 1 heterocycles. The number of amides is 2. The second-order valence-corrected chi connectivity index (χ2v) is 7.73. The molecule has 7 heteroatoms. The van der Waals surface area contributed by atoms with Gasteiger partial charge in [0.25, 0.3) is 11.8 Å². The summed E-state index contributed by atoms with van der Waals surface area (Å²) in [5.41, 5.74) is 3.76. The molecule has 30 heavy (non-hydrogen) atoms. The minimum Gasteiger partial charge on any atom is -0.383 e. The number of aromatic nitrogens is 1. The third-order valence-corrected chi connectivity index (χ3v) is 5.83. The van der Waals surface area contributed by atoms with Crippen molar-refractivity contribution in [1.82, 2.24) is 10.3 Å². The first kappa shape index (κ1) is 21.7. The topological polar surface area (TPSA) is 80.3 Å². The molecule has 156 valence electrons. The smallest absolute Gasteiger partial charge is 0.267 e. The minimum absolute atomic E-state index is 0.263. The van der Waals surface area contributed by atoms with Gasteiger partial charge >= 0.3 is 0 Å². The summed E-state index contributed by atoms with van der Waals surface area (Å²) in [7, 11) is 1.57. The standard InChI is InChI=1S/C23H25N3O3S/c1-4-16-9-11-17(12-10-16)23-25-15(2)20(30-23)22(28)26-19-8-6-5-7-18(19)21(27)24-13-14-29-3/h5-12H,4,13-14H2,1-3H3,(H,24,27)(H,26,28). The number of hydrogen-bond donors (Lipinski definition) is 2. The van der Waals surface area contributed by atoms with Gasteiger partial charge in [-0.25, -0.2) is 4.98 Å². The molecule has 0 saturated carbocycles. The predicted octanol–water partition coefficient (Wildman–Crippen LogP) is 4.31. The van der Waals surface area contributed by atoms with Gasteiger partial charge in [0.1, 0.15) is 9.88 Å². The highest BCUT2D eigenvalue weighted by molar-refractivity contribution is 7.17. The lowest BCUT2D eigenvalue weighted by Crippen LogP contribution is -2.28. The van der Waals surface area contributed by atoms with Crippen LogP contribution in [0.2, 0.25) is 0 Å². The van der Waals surface area contributed by atoms with Crippen molar-refractivity contribution in [2.24, 2.45) is 0 Å². The quantitative estimate of drug-likeness (QED) is 0.529.